The van der Waals surface area contributed by atoms with Crippen LogP contribution >= 0.6 is 0 Å². The normalized spacial score (nSPS) is 10.9. The molecule has 36 heavy (non-hydrogen) atoms. The van der Waals surface area contributed by atoms with Crippen LogP contribution in [0.2, 0.25) is 0 Å². The summed E-state index contributed by atoms with van der Waals surface area (Å²) >= 11 is 0. The van der Waals surface area contributed by atoms with Crippen molar-refractivity contribution < 1.29 is 13.9 Å². The molecular weight excluding hydrogens is 448 g/mol. The zero-order valence-electron chi connectivity index (χ0n) is 20.8. The second-order valence-electron chi connectivity index (χ2n) is 8.79. The highest BCUT2D eigenvalue weighted by Gasteiger charge is 2.25. The lowest BCUT2D eigenvalue weighted by Gasteiger charge is -2.15. The Kier molecular flexibility index (Phi) is 6.46. The molecule has 5 aromatic rings. The van der Waals surface area contributed by atoms with Gasteiger partial charge in [0.05, 0.1) is 20.8 Å². The average molecular weight is 478 g/mol. The maximum absolute atomic E-state index is 10.1. The topological polar surface area (TPSA) is 74.2 Å². The zero-order valence-corrected chi connectivity index (χ0v) is 20.8. The Morgan fingerprint density at radius 2 is 1.67 bits per heavy atom. The van der Waals surface area contributed by atoms with Crippen LogP contribution < -0.4 is 19.2 Å². The predicted molar refractivity (Wildman–Crippen MR) is 142 cm³/mol. The molecule has 0 unspecified atom stereocenters. The van der Waals surface area contributed by atoms with Crippen LogP contribution in [0.15, 0.2) is 72.8 Å². The lowest BCUT2D eigenvalue weighted by Crippen LogP contribution is -2.30. The van der Waals surface area contributed by atoms with Gasteiger partial charge >= 0.3 is 0 Å². The molecule has 2 heterocycles. The summed E-state index contributed by atoms with van der Waals surface area (Å²) in [5.74, 6) is 2.45. The number of methoxy groups -OCH3 is 2. The molecule has 0 amide bonds. The van der Waals surface area contributed by atoms with Gasteiger partial charge in [0, 0.05) is 18.4 Å². The van der Waals surface area contributed by atoms with Gasteiger partial charge in [0.2, 0.25) is 11.5 Å². The Morgan fingerprint density at radius 1 is 0.917 bits per heavy atom. The van der Waals surface area contributed by atoms with Crippen molar-refractivity contribution in [1.29, 1.82) is 5.26 Å². The molecule has 0 aliphatic heterocycles. The number of anilines is 1. The lowest BCUT2D eigenvalue weighted by atomic mass is 9.97. The van der Waals surface area contributed by atoms with Crippen molar-refractivity contribution in [3.05, 3.63) is 101 Å². The third-order valence-corrected chi connectivity index (χ3v) is 6.69. The Morgan fingerprint density at radius 3 is 2.42 bits per heavy atom. The van der Waals surface area contributed by atoms with Gasteiger partial charge in [0.15, 0.2) is 11.5 Å². The van der Waals surface area contributed by atoms with E-state index in [1.54, 1.807) is 14.2 Å². The number of benzene rings is 3. The number of para-hydroxylation sites is 2. The number of nitrogens with one attached hydrogen (secondary N) is 2. The summed E-state index contributed by atoms with van der Waals surface area (Å²) in [7, 11) is 3.30. The fourth-order valence-corrected chi connectivity index (χ4v) is 4.83. The molecule has 0 radical (unpaired) electrons. The van der Waals surface area contributed by atoms with Crippen LogP contribution in [0.5, 0.6) is 11.5 Å². The molecule has 0 saturated heterocycles. The molecule has 3 aromatic carbocycles. The summed E-state index contributed by atoms with van der Waals surface area (Å²) in [4.78, 5) is 3.48. The van der Waals surface area contributed by atoms with Gasteiger partial charge in [0.1, 0.15) is 22.7 Å². The number of aromatic nitrogens is 2. The fraction of sp³-hybridized carbons (Fsp3) is 0.200. The van der Waals surface area contributed by atoms with Gasteiger partial charge < -0.3 is 14.8 Å². The van der Waals surface area contributed by atoms with Crippen LogP contribution in [0.25, 0.3) is 16.7 Å². The van der Waals surface area contributed by atoms with E-state index in [0.717, 1.165) is 63.5 Å². The van der Waals surface area contributed by atoms with Crippen molar-refractivity contribution in [2.45, 2.75) is 19.8 Å². The van der Waals surface area contributed by atoms with Gasteiger partial charge in [-0.3, -0.25) is 4.98 Å². The molecule has 5 rings (SSSR count). The third-order valence-electron chi connectivity index (χ3n) is 6.69. The molecule has 2 N–H and O–H groups in total. The van der Waals surface area contributed by atoms with Crippen LogP contribution in [-0.4, -0.2) is 25.7 Å². The number of hydrogen-bond acceptors (Lipinski definition) is 4. The van der Waals surface area contributed by atoms with Gasteiger partial charge in [-0.15, -0.1) is 0 Å². The zero-order chi connectivity index (χ0) is 25.1. The summed E-state index contributed by atoms with van der Waals surface area (Å²) in [6, 6.07) is 27.0. The number of nitrogens with zero attached hydrogens (tertiary/aromatic N) is 2. The first-order valence-corrected chi connectivity index (χ1v) is 12.0. The van der Waals surface area contributed by atoms with E-state index < -0.39 is 0 Å². The smallest absolute Gasteiger partial charge is 0.250 e. The number of aromatic amines is 1. The van der Waals surface area contributed by atoms with Gasteiger partial charge in [0.25, 0.3) is 0 Å². The van der Waals surface area contributed by atoms with E-state index in [-0.39, 0.29) is 0 Å². The maximum atomic E-state index is 10.1. The quantitative estimate of drug-likeness (QED) is 0.296. The summed E-state index contributed by atoms with van der Waals surface area (Å²) in [5.41, 5.74) is 7.96. The van der Waals surface area contributed by atoms with Crippen molar-refractivity contribution >= 4 is 22.5 Å². The summed E-state index contributed by atoms with van der Waals surface area (Å²) in [6.07, 6.45) is 1.52. The molecule has 0 fully saturated rings. The Labute approximate surface area is 210 Å². The Balaban J connectivity index is 1.60. The van der Waals surface area contributed by atoms with Crippen molar-refractivity contribution in [2.24, 2.45) is 0 Å². The second kappa shape index (κ2) is 10.0. The SMILES string of the molecule is COc1ccc(CCNc2c(Cc3ccccc3)c(C)c(C#N)c3[nH]c4ccccc4[n+]23)cc1OC. The number of pyridine rings is 1. The minimum absolute atomic E-state index is 0.669. The summed E-state index contributed by atoms with van der Waals surface area (Å²) in [6.45, 7) is 2.76. The summed E-state index contributed by atoms with van der Waals surface area (Å²) < 4.78 is 13.0. The molecule has 6 nitrogen and oxygen atoms in total. The molecule has 180 valence electrons. The molecule has 2 aromatic heterocycles. The lowest BCUT2D eigenvalue weighted by molar-refractivity contribution is -0.465. The van der Waals surface area contributed by atoms with Crippen LogP contribution in [-0.2, 0) is 12.8 Å². The number of nitriles is 1. The molecule has 0 bridgehead atoms. The highest BCUT2D eigenvalue weighted by atomic mass is 16.5. The van der Waals surface area contributed by atoms with Crippen LogP contribution in [0.1, 0.15) is 27.8 Å². The molecule has 0 spiro atoms. The second-order valence-corrected chi connectivity index (χ2v) is 8.79. The molecule has 0 atom stereocenters. The van der Waals surface area contributed by atoms with E-state index in [4.69, 9.17) is 9.47 Å². The first-order valence-electron chi connectivity index (χ1n) is 12.0. The fourth-order valence-electron chi connectivity index (χ4n) is 4.83. The molecule has 0 aliphatic carbocycles. The van der Waals surface area contributed by atoms with Crippen molar-refractivity contribution in [2.75, 3.05) is 26.1 Å². The summed E-state index contributed by atoms with van der Waals surface area (Å²) in [5, 5.41) is 13.8. The van der Waals surface area contributed by atoms with E-state index in [2.05, 4.69) is 57.2 Å². The average Bonchev–Trinajstić information content (AvgIpc) is 3.30. The maximum Gasteiger partial charge on any atom is 0.250 e. The number of hydrogen-bond donors (Lipinski definition) is 2. The largest absolute Gasteiger partial charge is 0.493 e. The van der Waals surface area contributed by atoms with Crippen molar-refractivity contribution in [1.82, 2.24) is 4.98 Å². The van der Waals surface area contributed by atoms with Crippen LogP contribution in [0, 0.1) is 18.3 Å². The highest BCUT2D eigenvalue weighted by Crippen LogP contribution is 2.29. The molecule has 6 heteroatoms. The van der Waals surface area contributed by atoms with Crippen LogP contribution in [0.4, 0.5) is 5.82 Å². The number of ether oxygens (including phenoxy) is 2. The molecular formula is C30H29N4O2+. The van der Waals surface area contributed by atoms with Gasteiger partial charge in [-0.2, -0.15) is 9.66 Å². The number of rotatable bonds is 8. The van der Waals surface area contributed by atoms with Crippen molar-refractivity contribution in [3.8, 4) is 17.6 Å². The molecule has 0 saturated carbocycles. The van der Waals surface area contributed by atoms with E-state index >= 15 is 0 Å². The van der Waals surface area contributed by atoms with E-state index in [1.807, 2.05) is 43.3 Å². The van der Waals surface area contributed by atoms with Gasteiger partial charge in [-0.25, -0.2) is 0 Å². The monoisotopic (exact) mass is 477 g/mol. The van der Waals surface area contributed by atoms with Crippen LogP contribution in [0.3, 0.4) is 0 Å². The standard InChI is InChI=1S/C30H28N4O2/c1-20-23(17-21-9-5-4-6-10-21)29(32-16-15-22-13-14-27(35-2)28(18-22)36-3)34-26-12-8-7-11-25(26)33-30(34)24(20)19-31/h4-14,18H,15-17H2,1-3H3,(H,32,33)/p+1. The Bertz CT molecular complexity index is 1580. The first kappa shape index (κ1) is 23.3. The van der Waals surface area contributed by atoms with Gasteiger partial charge in [-0.05, 0) is 47.9 Å². The number of H-pyrrole nitrogens is 1. The Hall–Kier alpha value is -4.50. The minimum atomic E-state index is 0.669. The van der Waals surface area contributed by atoms with E-state index in [9.17, 15) is 5.26 Å². The third kappa shape index (κ3) is 4.20. The number of fused-ring (bicyclic) bond motifs is 3. The predicted octanol–water partition coefficient (Wildman–Crippen LogP) is 5.35. The first-order chi connectivity index (χ1) is 17.6. The molecule has 0 aliphatic rings. The highest BCUT2D eigenvalue weighted by molar-refractivity contribution is 5.78. The van der Waals surface area contributed by atoms with Gasteiger partial charge in [-0.1, -0.05) is 48.5 Å². The van der Waals surface area contributed by atoms with E-state index in [1.165, 1.54) is 5.56 Å². The number of imidazole rings is 1. The van der Waals surface area contributed by atoms with E-state index in [0.29, 0.717) is 12.1 Å². The minimum Gasteiger partial charge on any atom is -0.493 e. The van der Waals surface area contributed by atoms with Crippen molar-refractivity contribution in [3.63, 3.8) is 0 Å².